The Hall–Kier alpha value is -2.70. The van der Waals surface area contributed by atoms with Crippen molar-refractivity contribution >= 4 is 11.8 Å². The Bertz CT molecular complexity index is 830. The van der Waals surface area contributed by atoms with E-state index in [1.54, 1.807) is 22.9 Å². The Kier molecular flexibility index (Phi) is 5.06. The van der Waals surface area contributed by atoms with Crippen LogP contribution in [0.15, 0.2) is 22.7 Å². The first kappa shape index (κ1) is 18.1. The van der Waals surface area contributed by atoms with Crippen LogP contribution in [0.3, 0.4) is 0 Å². The smallest absolute Gasteiger partial charge is 0.273 e. The minimum Gasteiger partial charge on any atom is -0.446 e. The number of aromatic nitrogens is 2. The molecule has 0 bridgehead atoms. The zero-order valence-electron chi connectivity index (χ0n) is 15.7. The summed E-state index contributed by atoms with van der Waals surface area (Å²) >= 11 is 0. The van der Waals surface area contributed by atoms with Gasteiger partial charge in [-0.2, -0.15) is 0 Å². The van der Waals surface area contributed by atoms with Crippen LogP contribution in [-0.2, 0) is 11.2 Å². The summed E-state index contributed by atoms with van der Waals surface area (Å²) < 4.78 is 5.38. The zero-order chi connectivity index (χ0) is 18.8. The van der Waals surface area contributed by atoms with E-state index in [0.717, 1.165) is 11.3 Å². The molecule has 0 spiro atoms. The predicted octanol–water partition coefficient (Wildman–Crippen LogP) is 1.91. The van der Waals surface area contributed by atoms with Gasteiger partial charge >= 0.3 is 0 Å². The van der Waals surface area contributed by atoms with Gasteiger partial charge in [0, 0.05) is 38.3 Å². The number of amides is 2. The number of nitrogens with zero attached hydrogens (tertiary/aromatic N) is 4. The second kappa shape index (κ2) is 7.27. The Balaban J connectivity index is 1.65. The first-order chi connectivity index (χ1) is 12.3. The number of carbonyl (C=O) groups excluding carboxylic acids is 2. The molecular formula is C19H24N4O3. The number of pyridine rings is 1. The van der Waals surface area contributed by atoms with Crippen LogP contribution in [0.2, 0.25) is 0 Å². The van der Waals surface area contributed by atoms with Crippen LogP contribution in [0, 0.1) is 20.8 Å². The molecule has 1 unspecified atom stereocenters. The number of piperazine rings is 1. The second-order valence-electron chi connectivity index (χ2n) is 6.83. The van der Waals surface area contributed by atoms with Crippen molar-refractivity contribution in [2.45, 2.75) is 40.2 Å². The Morgan fingerprint density at radius 3 is 2.65 bits per heavy atom. The maximum atomic E-state index is 12.9. The van der Waals surface area contributed by atoms with Crippen molar-refractivity contribution in [2.75, 3.05) is 19.6 Å². The molecule has 3 rings (SSSR count). The molecule has 1 aliphatic rings. The fraction of sp³-hybridized carbons (Fsp3) is 0.474. The van der Waals surface area contributed by atoms with E-state index in [1.165, 1.54) is 0 Å². The Morgan fingerprint density at radius 1 is 1.23 bits per heavy atom. The first-order valence-electron chi connectivity index (χ1n) is 8.79. The lowest BCUT2D eigenvalue weighted by Crippen LogP contribution is -2.55. The minimum absolute atomic E-state index is 0.00930. The third-order valence-corrected chi connectivity index (χ3v) is 4.67. The van der Waals surface area contributed by atoms with Crippen molar-refractivity contribution in [3.63, 3.8) is 0 Å². The molecule has 1 fully saturated rings. The van der Waals surface area contributed by atoms with E-state index < -0.39 is 0 Å². The van der Waals surface area contributed by atoms with Gasteiger partial charge in [0.25, 0.3) is 5.91 Å². The van der Waals surface area contributed by atoms with E-state index in [9.17, 15) is 9.59 Å². The number of oxazole rings is 1. The van der Waals surface area contributed by atoms with Crippen LogP contribution in [0.1, 0.15) is 40.3 Å². The van der Waals surface area contributed by atoms with E-state index in [4.69, 9.17) is 4.42 Å². The van der Waals surface area contributed by atoms with Gasteiger partial charge in [-0.1, -0.05) is 6.07 Å². The van der Waals surface area contributed by atoms with E-state index >= 15 is 0 Å². The summed E-state index contributed by atoms with van der Waals surface area (Å²) in [6, 6.07) is 3.75. The number of aryl methyl sites for hydroxylation is 3. The highest BCUT2D eigenvalue weighted by molar-refractivity contribution is 5.94. The molecule has 3 heterocycles. The minimum atomic E-state index is -0.0725. The van der Waals surface area contributed by atoms with Gasteiger partial charge in [-0.3, -0.25) is 9.59 Å². The molecule has 2 aromatic heterocycles. The zero-order valence-corrected chi connectivity index (χ0v) is 15.7. The molecule has 1 atom stereocenters. The van der Waals surface area contributed by atoms with Crippen molar-refractivity contribution in [2.24, 2.45) is 0 Å². The molecule has 1 saturated heterocycles. The monoisotopic (exact) mass is 356 g/mol. The molecule has 0 aromatic carbocycles. The van der Waals surface area contributed by atoms with Crippen molar-refractivity contribution in [3.05, 3.63) is 46.9 Å². The molecule has 0 saturated carbocycles. The quantitative estimate of drug-likeness (QED) is 0.839. The fourth-order valence-corrected chi connectivity index (χ4v) is 3.21. The SMILES string of the molecule is Cc1ccc(C)c(C(=O)N2CCN(C(=O)Cc3cnc(C)o3)CC2C)n1. The molecule has 0 radical (unpaired) electrons. The van der Waals surface area contributed by atoms with Crippen molar-refractivity contribution < 1.29 is 14.0 Å². The summed E-state index contributed by atoms with van der Waals surface area (Å²) in [5.41, 5.74) is 2.18. The molecule has 7 nitrogen and oxygen atoms in total. The van der Waals surface area contributed by atoms with E-state index in [1.807, 2.05) is 32.9 Å². The van der Waals surface area contributed by atoms with E-state index in [-0.39, 0.29) is 24.3 Å². The molecular weight excluding hydrogens is 332 g/mol. The van der Waals surface area contributed by atoms with Gasteiger partial charge in [0.15, 0.2) is 5.89 Å². The van der Waals surface area contributed by atoms with E-state index in [0.29, 0.717) is 37.0 Å². The number of carbonyl (C=O) groups is 2. The molecule has 0 aliphatic carbocycles. The van der Waals surface area contributed by atoms with Gasteiger partial charge in [0.1, 0.15) is 11.5 Å². The van der Waals surface area contributed by atoms with Gasteiger partial charge in [-0.05, 0) is 32.4 Å². The van der Waals surface area contributed by atoms with Gasteiger partial charge in [0.05, 0.1) is 12.6 Å². The Morgan fingerprint density at radius 2 is 2.00 bits per heavy atom. The van der Waals surface area contributed by atoms with Gasteiger partial charge < -0.3 is 14.2 Å². The predicted molar refractivity (Wildman–Crippen MR) is 95.7 cm³/mol. The highest BCUT2D eigenvalue weighted by atomic mass is 16.4. The normalized spacial score (nSPS) is 17.5. The van der Waals surface area contributed by atoms with Crippen LogP contribution in [-0.4, -0.2) is 57.3 Å². The van der Waals surface area contributed by atoms with Crippen LogP contribution in [0.4, 0.5) is 0 Å². The number of rotatable bonds is 3. The highest BCUT2D eigenvalue weighted by Gasteiger charge is 2.31. The largest absolute Gasteiger partial charge is 0.446 e. The summed E-state index contributed by atoms with van der Waals surface area (Å²) in [5.74, 6) is 1.04. The standard InChI is InChI=1S/C19H24N4O3/c1-12-5-6-13(2)21-18(12)19(25)23-8-7-22(11-14(23)3)17(24)9-16-10-20-15(4)26-16/h5-6,10,14H,7-9,11H2,1-4H3. The molecule has 2 aromatic rings. The first-order valence-corrected chi connectivity index (χ1v) is 8.79. The summed E-state index contributed by atoms with van der Waals surface area (Å²) in [6.45, 7) is 8.99. The average Bonchev–Trinajstić information content (AvgIpc) is 3.01. The van der Waals surface area contributed by atoms with Crippen LogP contribution >= 0.6 is 0 Å². The fourth-order valence-electron chi connectivity index (χ4n) is 3.21. The lowest BCUT2D eigenvalue weighted by molar-refractivity contribution is -0.133. The summed E-state index contributed by atoms with van der Waals surface area (Å²) in [5, 5.41) is 0. The summed E-state index contributed by atoms with van der Waals surface area (Å²) in [7, 11) is 0. The maximum absolute atomic E-state index is 12.9. The lowest BCUT2D eigenvalue weighted by atomic mass is 10.1. The number of hydrogen-bond donors (Lipinski definition) is 0. The van der Waals surface area contributed by atoms with Crippen LogP contribution < -0.4 is 0 Å². The van der Waals surface area contributed by atoms with Gasteiger partial charge in [-0.25, -0.2) is 9.97 Å². The average molecular weight is 356 g/mol. The lowest BCUT2D eigenvalue weighted by Gasteiger charge is -2.39. The number of hydrogen-bond acceptors (Lipinski definition) is 5. The van der Waals surface area contributed by atoms with Crippen molar-refractivity contribution in [3.8, 4) is 0 Å². The van der Waals surface area contributed by atoms with E-state index in [2.05, 4.69) is 9.97 Å². The Labute approximate surface area is 153 Å². The summed E-state index contributed by atoms with van der Waals surface area (Å²) in [6.07, 6.45) is 1.78. The molecule has 7 heteroatoms. The molecule has 2 amide bonds. The third-order valence-electron chi connectivity index (χ3n) is 4.67. The summed E-state index contributed by atoms with van der Waals surface area (Å²) in [4.78, 5) is 37.4. The van der Waals surface area contributed by atoms with Gasteiger partial charge in [-0.15, -0.1) is 0 Å². The topological polar surface area (TPSA) is 79.5 Å². The second-order valence-corrected chi connectivity index (χ2v) is 6.83. The molecule has 0 N–H and O–H groups in total. The van der Waals surface area contributed by atoms with Crippen molar-refractivity contribution in [1.82, 2.24) is 19.8 Å². The third kappa shape index (κ3) is 3.76. The molecule has 26 heavy (non-hydrogen) atoms. The highest BCUT2D eigenvalue weighted by Crippen LogP contribution is 2.17. The van der Waals surface area contributed by atoms with Crippen LogP contribution in [0.25, 0.3) is 0 Å². The van der Waals surface area contributed by atoms with Crippen LogP contribution in [0.5, 0.6) is 0 Å². The molecule has 138 valence electrons. The maximum Gasteiger partial charge on any atom is 0.273 e. The van der Waals surface area contributed by atoms with Crippen molar-refractivity contribution in [1.29, 1.82) is 0 Å². The van der Waals surface area contributed by atoms with Gasteiger partial charge in [0.2, 0.25) is 5.91 Å². The molecule has 1 aliphatic heterocycles.